The van der Waals surface area contributed by atoms with Crippen LogP contribution >= 0.6 is 0 Å². The third kappa shape index (κ3) is 4.83. The summed E-state index contributed by atoms with van der Waals surface area (Å²) in [4.78, 5) is 28.2. The molecule has 7 nitrogen and oxygen atoms in total. The van der Waals surface area contributed by atoms with E-state index in [-0.39, 0.29) is 17.5 Å². The summed E-state index contributed by atoms with van der Waals surface area (Å²) in [6, 6.07) is 8.40. The predicted molar refractivity (Wildman–Crippen MR) is 97.5 cm³/mol. The first-order valence-corrected chi connectivity index (χ1v) is 7.93. The molecule has 0 radical (unpaired) electrons. The normalized spacial score (nSPS) is 9.92. The predicted octanol–water partition coefficient (Wildman–Crippen LogP) is 1.94. The maximum absolute atomic E-state index is 12.3. The van der Waals surface area contributed by atoms with Crippen molar-refractivity contribution in [1.29, 1.82) is 0 Å². The van der Waals surface area contributed by atoms with E-state index in [9.17, 15) is 9.59 Å². The van der Waals surface area contributed by atoms with Crippen LogP contribution in [0.4, 0.5) is 0 Å². The van der Waals surface area contributed by atoms with Gasteiger partial charge in [0.1, 0.15) is 5.69 Å². The van der Waals surface area contributed by atoms with E-state index in [1.165, 1.54) is 12.3 Å². The summed E-state index contributed by atoms with van der Waals surface area (Å²) in [6.07, 6.45) is 2.99. The average Bonchev–Trinajstić information content (AvgIpc) is 2.69. The zero-order chi connectivity index (χ0) is 18.9. The fraction of sp³-hybridized carbons (Fsp3) is 0.211. The molecule has 1 heterocycles. The highest BCUT2D eigenvalue weighted by molar-refractivity contribution is 5.98. The second kappa shape index (κ2) is 9.22. The number of ether oxygens (including phenoxy) is 2. The minimum absolute atomic E-state index is 0.172. The van der Waals surface area contributed by atoms with Crippen molar-refractivity contribution >= 4 is 11.8 Å². The third-order valence-electron chi connectivity index (χ3n) is 3.56. The summed E-state index contributed by atoms with van der Waals surface area (Å²) in [5.41, 5.74) is 1.38. The minimum Gasteiger partial charge on any atom is -0.493 e. The number of pyridine rings is 1. The number of hydrogen-bond donors (Lipinski definition) is 2. The van der Waals surface area contributed by atoms with Crippen LogP contribution in [0.3, 0.4) is 0 Å². The Labute approximate surface area is 152 Å². The van der Waals surface area contributed by atoms with Crippen molar-refractivity contribution in [2.45, 2.75) is 6.54 Å². The van der Waals surface area contributed by atoms with Crippen LogP contribution in [-0.2, 0) is 6.54 Å². The van der Waals surface area contributed by atoms with Gasteiger partial charge in [0.15, 0.2) is 11.5 Å². The SMILES string of the molecule is C=CCNC(=O)c1cc(C(=O)NCc2ccc(OC)c(OC)c2)ccn1. The summed E-state index contributed by atoms with van der Waals surface area (Å²) < 4.78 is 10.4. The van der Waals surface area contributed by atoms with Crippen molar-refractivity contribution in [2.24, 2.45) is 0 Å². The lowest BCUT2D eigenvalue weighted by Gasteiger charge is -2.10. The van der Waals surface area contributed by atoms with Gasteiger partial charge in [0.2, 0.25) is 0 Å². The number of carbonyl (C=O) groups excluding carboxylic acids is 2. The Hall–Kier alpha value is -3.35. The quantitative estimate of drug-likeness (QED) is 0.707. The van der Waals surface area contributed by atoms with E-state index in [0.29, 0.717) is 30.2 Å². The molecular weight excluding hydrogens is 334 g/mol. The van der Waals surface area contributed by atoms with Crippen molar-refractivity contribution in [1.82, 2.24) is 15.6 Å². The van der Waals surface area contributed by atoms with Gasteiger partial charge in [0.25, 0.3) is 11.8 Å². The molecule has 2 aromatic rings. The molecule has 0 saturated heterocycles. The molecule has 0 saturated carbocycles. The number of benzene rings is 1. The molecule has 0 spiro atoms. The molecule has 0 bridgehead atoms. The lowest BCUT2D eigenvalue weighted by Crippen LogP contribution is -2.26. The molecule has 136 valence electrons. The molecule has 7 heteroatoms. The summed E-state index contributed by atoms with van der Waals surface area (Å²) in [6.45, 7) is 4.17. The molecule has 0 fully saturated rings. The van der Waals surface area contributed by atoms with Gasteiger partial charge in [-0.15, -0.1) is 6.58 Å². The van der Waals surface area contributed by atoms with Gasteiger partial charge in [-0.05, 0) is 29.8 Å². The number of rotatable bonds is 8. The minimum atomic E-state index is -0.362. The molecule has 2 rings (SSSR count). The van der Waals surface area contributed by atoms with Crippen LogP contribution in [0, 0.1) is 0 Å². The van der Waals surface area contributed by atoms with Gasteiger partial charge >= 0.3 is 0 Å². The van der Waals surface area contributed by atoms with E-state index in [1.807, 2.05) is 6.07 Å². The Morgan fingerprint density at radius 3 is 2.54 bits per heavy atom. The van der Waals surface area contributed by atoms with Crippen LogP contribution in [0.5, 0.6) is 11.5 Å². The van der Waals surface area contributed by atoms with Crippen molar-refractivity contribution in [3.63, 3.8) is 0 Å². The van der Waals surface area contributed by atoms with Gasteiger partial charge in [-0.1, -0.05) is 12.1 Å². The largest absolute Gasteiger partial charge is 0.493 e. The summed E-state index contributed by atoms with van der Waals surface area (Å²) in [5, 5.41) is 5.42. The van der Waals surface area contributed by atoms with Crippen molar-refractivity contribution in [3.05, 3.63) is 66.0 Å². The van der Waals surface area contributed by atoms with Crippen molar-refractivity contribution < 1.29 is 19.1 Å². The molecule has 0 unspecified atom stereocenters. The van der Waals surface area contributed by atoms with Gasteiger partial charge in [0, 0.05) is 24.8 Å². The molecule has 1 aromatic heterocycles. The first-order valence-electron chi connectivity index (χ1n) is 7.93. The number of hydrogen-bond acceptors (Lipinski definition) is 5. The first-order chi connectivity index (χ1) is 12.6. The smallest absolute Gasteiger partial charge is 0.270 e. The number of aromatic nitrogens is 1. The third-order valence-corrected chi connectivity index (χ3v) is 3.56. The van der Waals surface area contributed by atoms with Gasteiger partial charge in [-0.25, -0.2) is 0 Å². The van der Waals surface area contributed by atoms with Crippen LogP contribution < -0.4 is 20.1 Å². The van der Waals surface area contributed by atoms with Crippen LogP contribution in [0.1, 0.15) is 26.4 Å². The highest BCUT2D eigenvalue weighted by atomic mass is 16.5. The summed E-state index contributed by atoms with van der Waals surface area (Å²) in [7, 11) is 3.11. The van der Waals surface area contributed by atoms with E-state index in [0.717, 1.165) is 5.56 Å². The van der Waals surface area contributed by atoms with Crippen LogP contribution in [0.25, 0.3) is 0 Å². The Morgan fingerprint density at radius 1 is 1.08 bits per heavy atom. The number of nitrogens with one attached hydrogen (secondary N) is 2. The van der Waals surface area contributed by atoms with E-state index >= 15 is 0 Å². The van der Waals surface area contributed by atoms with E-state index in [2.05, 4.69) is 22.2 Å². The fourth-order valence-electron chi connectivity index (χ4n) is 2.23. The number of amides is 2. The first kappa shape index (κ1) is 19.0. The molecule has 2 N–H and O–H groups in total. The Morgan fingerprint density at radius 2 is 1.85 bits per heavy atom. The number of methoxy groups -OCH3 is 2. The zero-order valence-electron chi connectivity index (χ0n) is 14.7. The Kier molecular flexibility index (Phi) is 6.73. The Balaban J connectivity index is 2.04. The van der Waals surface area contributed by atoms with Gasteiger partial charge in [-0.3, -0.25) is 14.6 Å². The second-order valence-corrected chi connectivity index (χ2v) is 5.30. The van der Waals surface area contributed by atoms with Gasteiger partial charge < -0.3 is 20.1 Å². The lowest BCUT2D eigenvalue weighted by molar-refractivity contribution is 0.0950. The van der Waals surface area contributed by atoms with Crippen LogP contribution in [-0.4, -0.2) is 37.6 Å². The summed E-state index contributed by atoms with van der Waals surface area (Å²) in [5.74, 6) is 0.538. The van der Waals surface area contributed by atoms with Crippen molar-refractivity contribution in [3.8, 4) is 11.5 Å². The molecule has 0 aliphatic rings. The van der Waals surface area contributed by atoms with E-state index in [4.69, 9.17) is 9.47 Å². The highest BCUT2D eigenvalue weighted by Crippen LogP contribution is 2.27. The highest BCUT2D eigenvalue weighted by Gasteiger charge is 2.12. The van der Waals surface area contributed by atoms with Gasteiger partial charge in [-0.2, -0.15) is 0 Å². The van der Waals surface area contributed by atoms with E-state index < -0.39 is 0 Å². The van der Waals surface area contributed by atoms with Crippen LogP contribution in [0.15, 0.2) is 49.2 Å². The molecule has 26 heavy (non-hydrogen) atoms. The molecular formula is C19H21N3O4. The molecule has 0 aliphatic heterocycles. The number of carbonyl (C=O) groups is 2. The fourth-order valence-corrected chi connectivity index (χ4v) is 2.23. The van der Waals surface area contributed by atoms with Crippen molar-refractivity contribution in [2.75, 3.05) is 20.8 Å². The molecule has 0 aliphatic carbocycles. The number of nitrogens with zero attached hydrogens (tertiary/aromatic N) is 1. The van der Waals surface area contributed by atoms with Crippen LogP contribution in [0.2, 0.25) is 0 Å². The Bertz CT molecular complexity index is 805. The maximum Gasteiger partial charge on any atom is 0.270 e. The monoisotopic (exact) mass is 355 g/mol. The maximum atomic E-state index is 12.3. The standard InChI is InChI=1S/C19H21N3O4/c1-4-8-21-19(24)15-11-14(7-9-20-15)18(23)22-12-13-5-6-16(25-2)17(10-13)26-3/h4-7,9-11H,1,8,12H2,2-3H3,(H,21,24)(H,22,23). The van der Waals surface area contributed by atoms with E-state index in [1.54, 1.807) is 38.5 Å². The van der Waals surface area contributed by atoms with Gasteiger partial charge in [0.05, 0.1) is 14.2 Å². The molecule has 2 amide bonds. The summed E-state index contributed by atoms with van der Waals surface area (Å²) >= 11 is 0. The lowest BCUT2D eigenvalue weighted by atomic mass is 10.1. The zero-order valence-corrected chi connectivity index (χ0v) is 14.7. The molecule has 1 aromatic carbocycles. The topological polar surface area (TPSA) is 89.6 Å². The average molecular weight is 355 g/mol. The molecule has 0 atom stereocenters. The second-order valence-electron chi connectivity index (χ2n) is 5.30.